The summed E-state index contributed by atoms with van der Waals surface area (Å²) >= 11 is 3.14. The van der Waals surface area contributed by atoms with E-state index in [0.717, 1.165) is 5.56 Å². The Morgan fingerprint density at radius 1 is 1.38 bits per heavy atom. The minimum Gasteiger partial charge on any atom is -0.456 e. The molecule has 0 unspecified atom stereocenters. The lowest BCUT2D eigenvalue weighted by Crippen LogP contribution is -2.06. The van der Waals surface area contributed by atoms with E-state index in [1.165, 1.54) is 6.26 Å². The number of esters is 1. The zero-order valence-corrected chi connectivity index (χ0v) is 9.81. The fourth-order valence-corrected chi connectivity index (χ4v) is 1.47. The second-order valence-electron chi connectivity index (χ2n) is 3.07. The third-order valence-corrected chi connectivity index (χ3v) is 2.49. The van der Waals surface area contributed by atoms with Gasteiger partial charge in [-0.15, -0.1) is 0 Å². The van der Waals surface area contributed by atoms with Gasteiger partial charge in [0.2, 0.25) is 5.69 Å². The van der Waals surface area contributed by atoms with E-state index in [2.05, 4.69) is 25.6 Å². The quantitative estimate of drug-likeness (QED) is 0.812. The molecule has 0 saturated carbocycles. The van der Waals surface area contributed by atoms with Gasteiger partial charge in [0.1, 0.15) is 12.9 Å². The molecule has 0 aliphatic heterocycles. The molecular formula is C11H8BrNO3. The Balaban J connectivity index is 1.97. The number of benzene rings is 1. The van der Waals surface area contributed by atoms with Gasteiger partial charge in [-0.2, -0.15) is 0 Å². The van der Waals surface area contributed by atoms with Gasteiger partial charge >= 0.3 is 5.97 Å². The Morgan fingerprint density at radius 2 is 2.12 bits per heavy atom. The number of hydrogen-bond donors (Lipinski definition) is 0. The van der Waals surface area contributed by atoms with Crippen LogP contribution in [0, 0.1) is 0 Å². The SMILES string of the molecule is O=C(OCc1ccccc1)c1nocc1Br. The molecule has 0 fully saturated rings. The van der Waals surface area contributed by atoms with Gasteiger partial charge in [0, 0.05) is 0 Å². The van der Waals surface area contributed by atoms with E-state index < -0.39 is 5.97 Å². The van der Waals surface area contributed by atoms with Crippen molar-refractivity contribution in [1.29, 1.82) is 0 Å². The van der Waals surface area contributed by atoms with Gasteiger partial charge in [-0.3, -0.25) is 0 Å². The third-order valence-electron chi connectivity index (χ3n) is 1.93. The van der Waals surface area contributed by atoms with E-state index >= 15 is 0 Å². The average Bonchev–Trinajstić information content (AvgIpc) is 2.74. The summed E-state index contributed by atoms with van der Waals surface area (Å²) in [4.78, 5) is 11.5. The summed E-state index contributed by atoms with van der Waals surface area (Å²) in [5.41, 5.74) is 1.08. The predicted molar refractivity (Wildman–Crippen MR) is 59.8 cm³/mol. The molecule has 0 bridgehead atoms. The maximum absolute atomic E-state index is 11.5. The number of rotatable bonds is 3. The van der Waals surface area contributed by atoms with E-state index in [1.54, 1.807) is 0 Å². The molecular weight excluding hydrogens is 274 g/mol. The molecule has 0 aliphatic carbocycles. The molecule has 0 saturated heterocycles. The minimum absolute atomic E-state index is 0.149. The van der Waals surface area contributed by atoms with Crippen molar-refractivity contribution in [1.82, 2.24) is 5.16 Å². The topological polar surface area (TPSA) is 52.3 Å². The molecule has 16 heavy (non-hydrogen) atoms. The van der Waals surface area contributed by atoms with Crippen molar-refractivity contribution >= 4 is 21.9 Å². The summed E-state index contributed by atoms with van der Waals surface area (Å²) in [6.45, 7) is 0.221. The predicted octanol–water partition coefficient (Wildman–Crippen LogP) is 2.79. The fourth-order valence-electron chi connectivity index (χ4n) is 1.15. The van der Waals surface area contributed by atoms with Crippen LogP contribution >= 0.6 is 15.9 Å². The van der Waals surface area contributed by atoms with Crippen LogP contribution < -0.4 is 0 Å². The van der Waals surface area contributed by atoms with Crippen molar-refractivity contribution in [2.75, 3.05) is 0 Å². The first-order valence-electron chi connectivity index (χ1n) is 4.58. The first-order valence-corrected chi connectivity index (χ1v) is 5.37. The van der Waals surface area contributed by atoms with Gasteiger partial charge in [0.05, 0.1) is 4.47 Å². The lowest BCUT2D eigenvalue weighted by atomic mass is 10.2. The molecule has 5 heteroatoms. The van der Waals surface area contributed by atoms with E-state index in [0.29, 0.717) is 4.47 Å². The van der Waals surface area contributed by atoms with Crippen LogP contribution in [0.2, 0.25) is 0 Å². The largest absolute Gasteiger partial charge is 0.456 e. The molecule has 0 amide bonds. The first kappa shape index (κ1) is 10.9. The molecule has 0 aliphatic rings. The lowest BCUT2D eigenvalue weighted by molar-refractivity contribution is 0.0460. The highest BCUT2D eigenvalue weighted by Crippen LogP contribution is 2.15. The molecule has 2 aromatic rings. The van der Waals surface area contributed by atoms with Crippen molar-refractivity contribution in [3.8, 4) is 0 Å². The second-order valence-corrected chi connectivity index (χ2v) is 3.93. The van der Waals surface area contributed by atoms with Crippen molar-refractivity contribution < 1.29 is 14.1 Å². The highest BCUT2D eigenvalue weighted by molar-refractivity contribution is 9.10. The zero-order valence-electron chi connectivity index (χ0n) is 8.22. The van der Waals surface area contributed by atoms with Gasteiger partial charge in [-0.25, -0.2) is 4.79 Å². The average molecular weight is 282 g/mol. The number of hydrogen-bond acceptors (Lipinski definition) is 4. The highest BCUT2D eigenvalue weighted by Gasteiger charge is 2.15. The normalized spacial score (nSPS) is 10.1. The Kier molecular flexibility index (Phi) is 3.36. The van der Waals surface area contributed by atoms with Crippen LogP contribution in [-0.2, 0) is 11.3 Å². The number of ether oxygens (including phenoxy) is 1. The number of carbonyl (C=O) groups is 1. The molecule has 0 spiro atoms. The Labute approximate surface area is 100 Å². The summed E-state index contributed by atoms with van der Waals surface area (Å²) in [5.74, 6) is -0.510. The summed E-state index contributed by atoms with van der Waals surface area (Å²) in [7, 11) is 0. The fraction of sp³-hybridized carbons (Fsp3) is 0.0909. The standard InChI is InChI=1S/C11H8BrNO3/c12-9-7-16-13-10(9)11(14)15-6-8-4-2-1-3-5-8/h1-5,7H,6H2. The lowest BCUT2D eigenvalue weighted by Gasteiger charge is -2.02. The van der Waals surface area contributed by atoms with Crippen molar-refractivity contribution in [3.63, 3.8) is 0 Å². The van der Waals surface area contributed by atoms with Crippen molar-refractivity contribution in [3.05, 3.63) is 52.3 Å². The van der Waals surface area contributed by atoms with Gasteiger partial charge in [0.15, 0.2) is 0 Å². The monoisotopic (exact) mass is 281 g/mol. The molecule has 0 N–H and O–H groups in total. The van der Waals surface area contributed by atoms with Gasteiger partial charge in [-0.05, 0) is 21.5 Å². The smallest absolute Gasteiger partial charge is 0.362 e. The summed E-state index contributed by atoms with van der Waals surface area (Å²) in [6, 6.07) is 9.43. The molecule has 1 aromatic heterocycles. The third kappa shape index (κ3) is 2.49. The highest BCUT2D eigenvalue weighted by atomic mass is 79.9. The van der Waals surface area contributed by atoms with Gasteiger partial charge in [-0.1, -0.05) is 35.5 Å². The molecule has 1 aromatic carbocycles. The van der Waals surface area contributed by atoms with Gasteiger partial charge in [0.25, 0.3) is 0 Å². The molecule has 82 valence electrons. The van der Waals surface area contributed by atoms with Crippen LogP contribution in [0.15, 0.2) is 45.6 Å². The second kappa shape index (κ2) is 4.94. The Hall–Kier alpha value is -1.62. The van der Waals surface area contributed by atoms with Crippen LogP contribution in [0.1, 0.15) is 16.1 Å². The van der Waals surface area contributed by atoms with E-state index in [-0.39, 0.29) is 12.3 Å². The zero-order chi connectivity index (χ0) is 11.4. The Bertz CT molecular complexity index is 481. The number of aromatic nitrogens is 1. The molecule has 0 atom stereocenters. The molecule has 2 rings (SSSR count). The number of halogens is 1. The Morgan fingerprint density at radius 3 is 2.75 bits per heavy atom. The maximum atomic E-state index is 11.5. The van der Waals surface area contributed by atoms with Crippen LogP contribution in [-0.4, -0.2) is 11.1 Å². The molecule has 4 nitrogen and oxygen atoms in total. The minimum atomic E-state index is -0.510. The van der Waals surface area contributed by atoms with Crippen molar-refractivity contribution in [2.24, 2.45) is 0 Å². The van der Waals surface area contributed by atoms with Crippen LogP contribution in [0.5, 0.6) is 0 Å². The first-order chi connectivity index (χ1) is 7.77. The van der Waals surface area contributed by atoms with E-state index in [1.807, 2.05) is 30.3 Å². The van der Waals surface area contributed by atoms with Crippen LogP contribution in [0.4, 0.5) is 0 Å². The van der Waals surface area contributed by atoms with Crippen LogP contribution in [0.25, 0.3) is 0 Å². The van der Waals surface area contributed by atoms with Crippen LogP contribution in [0.3, 0.4) is 0 Å². The summed E-state index contributed by atoms with van der Waals surface area (Å²) in [5, 5.41) is 3.53. The van der Waals surface area contributed by atoms with Crippen molar-refractivity contribution in [2.45, 2.75) is 6.61 Å². The van der Waals surface area contributed by atoms with E-state index in [9.17, 15) is 4.79 Å². The summed E-state index contributed by atoms with van der Waals surface area (Å²) < 4.78 is 10.2. The number of nitrogens with zero attached hydrogens (tertiary/aromatic N) is 1. The maximum Gasteiger partial charge on any atom is 0.362 e. The van der Waals surface area contributed by atoms with Gasteiger partial charge < -0.3 is 9.26 Å². The molecule has 1 heterocycles. The molecule has 0 radical (unpaired) electrons. The summed E-state index contributed by atoms with van der Waals surface area (Å²) in [6.07, 6.45) is 1.33. The van der Waals surface area contributed by atoms with E-state index in [4.69, 9.17) is 4.74 Å². The number of carbonyl (C=O) groups excluding carboxylic acids is 1.